The molecule has 0 atom stereocenters. The first-order valence-corrected chi connectivity index (χ1v) is 5.22. The highest BCUT2D eigenvalue weighted by Gasteiger charge is 2.20. The summed E-state index contributed by atoms with van der Waals surface area (Å²) in [5.41, 5.74) is 0. The average molecular weight is 201 g/mol. The molecule has 4 nitrogen and oxygen atoms in total. The van der Waals surface area contributed by atoms with Gasteiger partial charge in [-0.25, -0.2) is 0 Å². The molecule has 1 rings (SSSR count). The summed E-state index contributed by atoms with van der Waals surface area (Å²) in [5, 5.41) is 8.58. The van der Waals surface area contributed by atoms with Crippen molar-refractivity contribution in [3.05, 3.63) is 0 Å². The van der Waals surface area contributed by atoms with E-state index >= 15 is 0 Å². The Morgan fingerprint density at radius 2 is 2.14 bits per heavy atom. The fraction of sp³-hybridized carbons (Fsp3) is 0.900. The van der Waals surface area contributed by atoms with Gasteiger partial charge in [-0.1, -0.05) is 0 Å². The predicted molar refractivity (Wildman–Crippen MR) is 52.9 cm³/mol. The van der Waals surface area contributed by atoms with Crippen molar-refractivity contribution in [2.75, 3.05) is 26.3 Å². The molecule has 0 aromatic heterocycles. The van der Waals surface area contributed by atoms with Crippen molar-refractivity contribution in [2.45, 2.75) is 32.3 Å². The minimum absolute atomic E-state index is 0.152. The number of aliphatic hydroxyl groups is 1. The Labute approximate surface area is 84.8 Å². The fourth-order valence-electron chi connectivity index (χ4n) is 1.65. The van der Waals surface area contributed by atoms with Gasteiger partial charge in [-0.2, -0.15) is 0 Å². The lowest BCUT2D eigenvalue weighted by Crippen LogP contribution is -2.39. The van der Waals surface area contributed by atoms with Crippen LogP contribution in [0.4, 0.5) is 0 Å². The Morgan fingerprint density at radius 3 is 2.64 bits per heavy atom. The summed E-state index contributed by atoms with van der Waals surface area (Å²) < 4.78 is 5.55. The van der Waals surface area contributed by atoms with Gasteiger partial charge in [0.1, 0.15) is 0 Å². The molecule has 0 aliphatic carbocycles. The molecule has 0 radical (unpaired) electrons. The summed E-state index contributed by atoms with van der Waals surface area (Å²) >= 11 is 0. The molecular weight excluding hydrogens is 182 g/mol. The Morgan fingerprint density at radius 1 is 1.50 bits per heavy atom. The zero-order valence-electron chi connectivity index (χ0n) is 8.74. The number of ether oxygens (including phenoxy) is 1. The molecule has 1 amide bonds. The van der Waals surface area contributed by atoms with Crippen molar-refractivity contribution in [2.24, 2.45) is 0 Å². The van der Waals surface area contributed by atoms with Crippen LogP contribution in [0.25, 0.3) is 0 Å². The molecule has 0 aromatic rings. The molecule has 0 unspecified atom stereocenters. The van der Waals surface area contributed by atoms with Crippen molar-refractivity contribution < 1.29 is 14.6 Å². The van der Waals surface area contributed by atoms with Crippen LogP contribution in [0.2, 0.25) is 0 Å². The largest absolute Gasteiger partial charge is 0.396 e. The number of hydrogen-bond donors (Lipinski definition) is 1. The third kappa shape index (κ3) is 3.64. The van der Waals surface area contributed by atoms with Crippen LogP contribution in [-0.4, -0.2) is 48.3 Å². The van der Waals surface area contributed by atoms with Crippen molar-refractivity contribution in [1.82, 2.24) is 4.90 Å². The third-order valence-corrected chi connectivity index (χ3v) is 2.54. The number of nitrogens with zero attached hydrogens (tertiary/aromatic N) is 1. The summed E-state index contributed by atoms with van der Waals surface area (Å²) in [4.78, 5) is 12.9. The van der Waals surface area contributed by atoms with Gasteiger partial charge in [0.2, 0.25) is 5.91 Å². The molecule has 1 N–H and O–H groups in total. The molecule has 1 heterocycles. The molecule has 1 aliphatic rings. The van der Waals surface area contributed by atoms with Crippen molar-refractivity contribution >= 4 is 5.91 Å². The highest BCUT2D eigenvalue weighted by Crippen LogP contribution is 2.13. The molecule has 0 aromatic carbocycles. The van der Waals surface area contributed by atoms with Gasteiger partial charge in [0.25, 0.3) is 0 Å². The van der Waals surface area contributed by atoms with Crippen LogP contribution in [0.1, 0.15) is 26.2 Å². The topological polar surface area (TPSA) is 49.8 Å². The van der Waals surface area contributed by atoms with E-state index in [0.29, 0.717) is 13.0 Å². The van der Waals surface area contributed by atoms with Gasteiger partial charge < -0.3 is 14.7 Å². The van der Waals surface area contributed by atoms with Crippen LogP contribution in [0, 0.1) is 0 Å². The number of rotatable bonds is 4. The number of piperidine rings is 1. The molecule has 1 saturated heterocycles. The number of carbonyl (C=O) groups is 1. The zero-order chi connectivity index (χ0) is 10.4. The number of carbonyl (C=O) groups excluding carboxylic acids is 1. The highest BCUT2D eigenvalue weighted by molar-refractivity contribution is 5.73. The molecule has 1 fully saturated rings. The number of aliphatic hydroxyl groups excluding tert-OH is 1. The molecule has 0 saturated carbocycles. The Bertz CT molecular complexity index is 176. The monoisotopic (exact) mass is 201 g/mol. The minimum atomic E-state index is 0.152. The zero-order valence-corrected chi connectivity index (χ0v) is 8.74. The van der Waals surface area contributed by atoms with Crippen LogP contribution in [0.15, 0.2) is 0 Å². The van der Waals surface area contributed by atoms with Crippen molar-refractivity contribution in [3.63, 3.8) is 0 Å². The number of hydrogen-bond acceptors (Lipinski definition) is 3. The number of amides is 1. The standard InChI is InChI=1S/C10H19NO3/c1-9(13)11-5-3-10(4-6-11)14-8-2-7-12/h10,12H,2-8H2,1H3. The quantitative estimate of drug-likeness (QED) is 0.670. The molecular formula is C10H19NO3. The molecule has 0 bridgehead atoms. The first-order chi connectivity index (χ1) is 6.74. The number of likely N-dealkylation sites (tertiary alicyclic amines) is 1. The lowest BCUT2D eigenvalue weighted by molar-refractivity contribution is -0.131. The summed E-state index contributed by atoms with van der Waals surface area (Å²) in [6, 6.07) is 0. The van der Waals surface area contributed by atoms with E-state index < -0.39 is 0 Å². The lowest BCUT2D eigenvalue weighted by Gasteiger charge is -2.31. The van der Waals surface area contributed by atoms with Gasteiger partial charge in [0.15, 0.2) is 0 Å². The van der Waals surface area contributed by atoms with E-state index in [0.717, 1.165) is 25.9 Å². The second-order valence-electron chi connectivity index (χ2n) is 3.65. The van der Waals surface area contributed by atoms with Crippen molar-refractivity contribution in [3.8, 4) is 0 Å². The summed E-state index contributed by atoms with van der Waals surface area (Å²) in [5.74, 6) is 0.152. The molecule has 82 valence electrons. The van der Waals surface area contributed by atoms with E-state index in [2.05, 4.69) is 0 Å². The van der Waals surface area contributed by atoms with E-state index in [9.17, 15) is 4.79 Å². The Hall–Kier alpha value is -0.610. The first-order valence-electron chi connectivity index (χ1n) is 5.22. The lowest BCUT2D eigenvalue weighted by atomic mass is 10.1. The summed E-state index contributed by atoms with van der Waals surface area (Å²) in [6.45, 7) is 4.03. The van der Waals surface area contributed by atoms with Crippen LogP contribution in [-0.2, 0) is 9.53 Å². The maximum atomic E-state index is 11.0. The maximum absolute atomic E-state index is 11.0. The van der Waals surface area contributed by atoms with Gasteiger partial charge >= 0.3 is 0 Å². The van der Waals surface area contributed by atoms with E-state index in [4.69, 9.17) is 9.84 Å². The SMILES string of the molecule is CC(=O)N1CCC(OCCCO)CC1. The maximum Gasteiger partial charge on any atom is 0.219 e. The Balaban J connectivity index is 2.12. The van der Waals surface area contributed by atoms with Crippen LogP contribution in [0.5, 0.6) is 0 Å². The molecule has 4 heteroatoms. The third-order valence-electron chi connectivity index (χ3n) is 2.54. The second kappa shape index (κ2) is 5.98. The highest BCUT2D eigenvalue weighted by atomic mass is 16.5. The van der Waals surface area contributed by atoms with Gasteiger partial charge in [-0.3, -0.25) is 4.79 Å². The van der Waals surface area contributed by atoms with E-state index in [1.54, 1.807) is 6.92 Å². The smallest absolute Gasteiger partial charge is 0.219 e. The molecule has 1 aliphatic heterocycles. The van der Waals surface area contributed by atoms with Crippen LogP contribution in [0.3, 0.4) is 0 Å². The van der Waals surface area contributed by atoms with Crippen LogP contribution < -0.4 is 0 Å². The Kier molecular flexibility index (Phi) is 4.90. The van der Waals surface area contributed by atoms with Gasteiger partial charge in [0, 0.05) is 33.2 Å². The first kappa shape index (κ1) is 11.5. The van der Waals surface area contributed by atoms with Crippen molar-refractivity contribution in [1.29, 1.82) is 0 Å². The molecule has 0 spiro atoms. The summed E-state index contributed by atoms with van der Waals surface area (Å²) in [6.07, 6.45) is 2.82. The van der Waals surface area contributed by atoms with Gasteiger partial charge in [-0.15, -0.1) is 0 Å². The predicted octanol–water partition coefficient (Wildman–Crippen LogP) is 0.396. The minimum Gasteiger partial charge on any atom is -0.396 e. The van der Waals surface area contributed by atoms with E-state index in [1.165, 1.54) is 0 Å². The summed E-state index contributed by atoms with van der Waals surface area (Å²) in [7, 11) is 0. The van der Waals surface area contributed by atoms with Gasteiger partial charge in [0.05, 0.1) is 6.10 Å². The van der Waals surface area contributed by atoms with Gasteiger partial charge in [-0.05, 0) is 19.3 Å². The van der Waals surface area contributed by atoms with E-state index in [-0.39, 0.29) is 18.6 Å². The molecule has 14 heavy (non-hydrogen) atoms. The van der Waals surface area contributed by atoms with E-state index in [1.807, 2.05) is 4.90 Å². The van der Waals surface area contributed by atoms with Crippen LogP contribution >= 0.6 is 0 Å². The normalized spacial score (nSPS) is 18.6. The average Bonchev–Trinajstić information content (AvgIpc) is 2.19. The fourth-order valence-corrected chi connectivity index (χ4v) is 1.65. The second-order valence-corrected chi connectivity index (χ2v) is 3.65.